The van der Waals surface area contributed by atoms with Gasteiger partial charge in [0.05, 0.1) is 0 Å². The molecule has 0 saturated heterocycles. The van der Waals surface area contributed by atoms with Crippen LogP contribution in [0.25, 0.3) is 0 Å². The van der Waals surface area contributed by atoms with Gasteiger partial charge in [-0.05, 0) is 48.6 Å². The van der Waals surface area contributed by atoms with Crippen molar-refractivity contribution in [3.05, 3.63) is 70.8 Å². The van der Waals surface area contributed by atoms with Crippen molar-refractivity contribution >= 4 is 27.3 Å². The maximum atomic E-state index is 14.4. The van der Waals surface area contributed by atoms with Crippen LogP contribution in [0.1, 0.15) is 36.5 Å². The number of halogens is 2. The zero-order valence-electron chi connectivity index (χ0n) is 14.3. The summed E-state index contributed by atoms with van der Waals surface area (Å²) in [6, 6.07) is 11.2. The first-order chi connectivity index (χ1) is 12.4. The van der Waals surface area contributed by atoms with E-state index in [0.29, 0.717) is 11.5 Å². The van der Waals surface area contributed by atoms with Crippen LogP contribution in [0.3, 0.4) is 0 Å². The van der Waals surface area contributed by atoms with Crippen molar-refractivity contribution in [2.45, 2.75) is 31.1 Å². The second-order valence-electron chi connectivity index (χ2n) is 6.55. The smallest absolute Gasteiger partial charge is 0.241 e. The van der Waals surface area contributed by atoms with Gasteiger partial charge in [-0.3, -0.25) is 4.79 Å². The van der Waals surface area contributed by atoms with Crippen molar-refractivity contribution in [1.82, 2.24) is 5.01 Å². The summed E-state index contributed by atoms with van der Waals surface area (Å²) in [7, 11) is -0.839. The van der Waals surface area contributed by atoms with Gasteiger partial charge in [-0.1, -0.05) is 30.1 Å². The van der Waals surface area contributed by atoms with Crippen LogP contribution in [-0.4, -0.2) is 21.8 Å². The predicted molar refractivity (Wildman–Crippen MR) is 101 cm³/mol. The molecule has 0 aromatic heterocycles. The Morgan fingerprint density at radius 2 is 2.04 bits per heavy atom. The van der Waals surface area contributed by atoms with E-state index in [1.165, 1.54) is 11.9 Å². The maximum absolute atomic E-state index is 14.4. The summed E-state index contributed by atoms with van der Waals surface area (Å²) in [6.45, 7) is 1.45. The van der Waals surface area contributed by atoms with Crippen LogP contribution in [-0.2, 0) is 16.1 Å². The molecule has 0 N–H and O–H groups in total. The number of carbonyl (C=O) groups excluding carboxylic acids is 1. The van der Waals surface area contributed by atoms with E-state index in [-0.39, 0.29) is 11.5 Å². The van der Waals surface area contributed by atoms with Gasteiger partial charge < -0.3 is 0 Å². The minimum atomic E-state index is -0.839. The monoisotopic (exact) mass is 372 g/mol. The van der Waals surface area contributed by atoms with Crippen LogP contribution in [0.15, 0.2) is 47.6 Å². The molecule has 1 aliphatic heterocycles. The highest BCUT2D eigenvalue weighted by Crippen LogP contribution is 2.56. The Morgan fingerprint density at radius 1 is 1.27 bits per heavy atom. The van der Waals surface area contributed by atoms with Crippen LogP contribution in [0, 0.1) is 11.6 Å². The molecule has 1 spiro atoms. The van der Waals surface area contributed by atoms with E-state index in [1.807, 2.05) is 24.3 Å². The fraction of sp³-hybridized carbons (Fsp3) is 0.250. The molecular formula is C20H18F2N2OS. The quantitative estimate of drug-likeness (QED) is 0.684. The molecule has 0 bridgehead atoms. The molecule has 134 valence electrons. The third-order valence-corrected chi connectivity index (χ3v) is 7.21. The lowest BCUT2D eigenvalue weighted by Gasteiger charge is -2.41. The third kappa shape index (κ3) is 2.35. The number of hydrazone groups is 1. The molecule has 1 heterocycles. The Hall–Kier alpha value is -2.34. The van der Waals surface area contributed by atoms with Gasteiger partial charge in [-0.2, -0.15) is 5.10 Å². The summed E-state index contributed by atoms with van der Waals surface area (Å²) in [5.41, 5.74) is 2.24. The molecule has 6 heteroatoms. The van der Waals surface area contributed by atoms with E-state index < -0.39 is 27.0 Å². The molecule has 1 aliphatic carbocycles. The summed E-state index contributed by atoms with van der Waals surface area (Å²) >= 11 is 0. The van der Waals surface area contributed by atoms with E-state index in [2.05, 4.69) is 11.0 Å². The molecule has 2 aromatic carbocycles. The number of carbonyl (C=O) groups is 1. The number of rotatable bonds is 1. The molecule has 2 aromatic rings. The lowest BCUT2D eigenvalue weighted by molar-refractivity contribution is -0.132. The van der Waals surface area contributed by atoms with E-state index in [1.54, 1.807) is 0 Å². The first kappa shape index (κ1) is 17.1. The Kier molecular flexibility index (Phi) is 4.03. The summed E-state index contributed by atoms with van der Waals surface area (Å²) in [5, 5.41) is 6.25. The lowest BCUT2D eigenvalue weighted by Crippen LogP contribution is -2.43. The van der Waals surface area contributed by atoms with Gasteiger partial charge in [-0.25, -0.2) is 13.8 Å². The first-order valence-electron chi connectivity index (χ1n) is 8.42. The third-order valence-electron chi connectivity index (χ3n) is 5.03. The predicted octanol–water partition coefficient (Wildman–Crippen LogP) is 4.38. The number of nitrogens with zero attached hydrogens (tertiary/aromatic N) is 2. The van der Waals surface area contributed by atoms with Crippen molar-refractivity contribution in [2.24, 2.45) is 5.10 Å². The molecule has 4 rings (SSSR count). The molecule has 26 heavy (non-hydrogen) atoms. The SMILES string of the molecule is C=S1C(c2cc(F)ccc2F)=NN(C(C)=O)C12CCCc1ccccc12. The molecule has 1 amide bonds. The molecule has 2 unspecified atom stereocenters. The normalized spacial score (nSPS) is 24.5. The molecule has 2 atom stereocenters. The molecule has 0 fully saturated rings. The Bertz CT molecular complexity index is 972. The standard InChI is InChI=1S/C20H18F2N2OS/c1-13(25)24-20(11-5-7-14-6-3-4-8-17(14)20)26(2)19(23-24)16-12-15(21)9-10-18(16)22/h3-4,6,8-10,12H,2,5,7,11H2,1H3. The van der Waals surface area contributed by atoms with Gasteiger partial charge in [-0.15, -0.1) is 10.5 Å². The van der Waals surface area contributed by atoms with Gasteiger partial charge in [0.25, 0.3) is 0 Å². The van der Waals surface area contributed by atoms with Gasteiger partial charge in [0.15, 0.2) is 0 Å². The molecule has 0 saturated carbocycles. The molecule has 2 aliphatic rings. The lowest BCUT2D eigenvalue weighted by atomic mass is 9.86. The van der Waals surface area contributed by atoms with Crippen molar-refractivity contribution in [3.63, 3.8) is 0 Å². The fourth-order valence-electron chi connectivity index (χ4n) is 3.91. The summed E-state index contributed by atoms with van der Waals surface area (Å²) < 4.78 is 28.1. The second-order valence-corrected chi connectivity index (χ2v) is 8.39. The van der Waals surface area contributed by atoms with E-state index >= 15 is 0 Å². The average Bonchev–Trinajstić information content (AvgIpc) is 2.91. The summed E-state index contributed by atoms with van der Waals surface area (Å²) in [6.07, 6.45) is 2.50. The van der Waals surface area contributed by atoms with Gasteiger partial charge in [0, 0.05) is 12.5 Å². The highest BCUT2D eigenvalue weighted by atomic mass is 32.2. The minimum Gasteiger partial charge on any atom is -0.273 e. The fourth-order valence-corrected chi connectivity index (χ4v) is 6.06. The number of hydrogen-bond donors (Lipinski definition) is 0. The number of benzene rings is 2. The first-order valence-corrected chi connectivity index (χ1v) is 9.82. The highest BCUT2D eigenvalue weighted by Gasteiger charge is 2.51. The number of amides is 1. The van der Waals surface area contributed by atoms with Crippen molar-refractivity contribution in [3.8, 4) is 0 Å². The van der Waals surface area contributed by atoms with Gasteiger partial charge in [0.1, 0.15) is 21.5 Å². The Morgan fingerprint density at radius 3 is 2.81 bits per heavy atom. The largest absolute Gasteiger partial charge is 0.273 e. The topological polar surface area (TPSA) is 32.7 Å². The van der Waals surface area contributed by atoms with Crippen LogP contribution < -0.4 is 0 Å². The summed E-state index contributed by atoms with van der Waals surface area (Å²) in [4.78, 5) is 11.7. The number of aryl methyl sites for hydroxylation is 1. The van der Waals surface area contributed by atoms with E-state index in [4.69, 9.17) is 0 Å². The average molecular weight is 372 g/mol. The second kappa shape index (κ2) is 6.13. The molecule has 0 radical (unpaired) electrons. The summed E-state index contributed by atoms with van der Waals surface area (Å²) in [5.74, 6) is 2.96. The zero-order valence-corrected chi connectivity index (χ0v) is 15.2. The zero-order chi connectivity index (χ0) is 18.5. The number of hydrogen-bond acceptors (Lipinski definition) is 2. The van der Waals surface area contributed by atoms with Crippen molar-refractivity contribution < 1.29 is 13.6 Å². The van der Waals surface area contributed by atoms with Crippen LogP contribution in [0.4, 0.5) is 8.78 Å². The maximum Gasteiger partial charge on any atom is 0.241 e. The van der Waals surface area contributed by atoms with Crippen molar-refractivity contribution in [2.75, 3.05) is 0 Å². The number of fused-ring (bicyclic) bond motifs is 2. The van der Waals surface area contributed by atoms with E-state index in [9.17, 15) is 13.6 Å². The van der Waals surface area contributed by atoms with Crippen LogP contribution in [0.5, 0.6) is 0 Å². The van der Waals surface area contributed by atoms with Gasteiger partial charge >= 0.3 is 0 Å². The van der Waals surface area contributed by atoms with Crippen LogP contribution in [0.2, 0.25) is 0 Å². The molecular weight excluding hydrogens is 354 g/mol. The molecule has 3 nitrogen and oxygen atoms in total. The van der Waals surface area contributed by atoms with E-state index in [0.717, 1.165) is 42.2 Å². The van der Waals surface area contributed by atoms with Gasteiger partial charge in [0.2, 0.25) is 5.91 Å². The Labute approximate surface area is 153 Å². The van der Waals surface area contributed by atoms with Crippen LogP contribution >= 0.6 is 10.5 Å². The minimum absolute atomic E-state index is 0.0783. The highest BCUT2D eigenvalue weighted by molar-refractivity contribution is 8.28. The Balaban J connectivity index is 1.93. The van der Waals surface area contributed by atoms with Crippen molar-refractivity contribution in [1.29, 1.82) is 0 Å².